The van der Waals surface area contributed by atoms with Crippen molar-refractivity contribution < 1.29 is 14.7 Å². The zero-order chi connectivity index (χ0) is 15.5. The largest absolute Gasteiger partial charge is 0.507 e. The van der Waals surface area contributed by atoms with Crippen LogP contribution in [0.25, 0.3) is 0 Å². The van der Waals surface area contributed by atoms with Crippen molar-refractivity contribution in [3.05, 3.63) is 29.3 Å². The van der Waals surface area contributed by atoms with Gasteiger partial charge in [-0.3, -0.25) is 9.59 Å². The highest BCUT2D eigenvalue weighted by Gasteiger charge is 2.22. The van der Waals surface area contributed by atoms with E-state index in [0.29, 0.717) is 0 Å². The number of benzene rings is 1. The minimum absolute atomic E-state index is 0.0917. The van der Waals surface area contributed by atoms with E-state index in [4.69, 9.17) is 0 Å². The molecule has 1 unspecified atom stereocenters. The molecule has 0 radical (unpaired) electrons. The van der Waals surface area contributed by atoms with Crippen LogP contribution in [0.3, 0.4) is 0 Å². The van der Waals surface area contributed by atoms with Crippen molar-refractivity contribution in [3.8, 4) is 5.75 Å². The monoisotopic (exact) mass is 278 g/mol. The first-order valence-electron chi connectivity index (χ1n) is 6.52. The molecule has 1 atom stereocenters. The van der Waals surface area contributed by atoms with Crippen LogP contribution in [0.5, 0.6) is 5.75 Å². The smallest absolute Gasteiger partial charge is 0.255 e. The third kappa shape index (κ3) is 4.57. The maximum Gasteiger partial charge on any atom is 0.255 e. The van der Waals surface area contributed by atoms with E-state index in [-0.39, 0.29) is 22.8 Å². The summed E-state index contributed by atoms with van der Waals surface area (Å²) in [7, 11) is 0. The highest BCUT2D eigenvalue weighted by atomic mass is 16.3. The summed E-state index contributed by atoms with van der Waals surface area (Å²) in [6.45, 7) is 9.02. The molecule has 0 bridgehead atoms. The topological polar surface area (TPSA) is 78.4 Å². The molecule has 0 heterocycles. The summed E-state index contributed by atoms with van der Waals surface area (Å²) in [5, 5.41) is 15.1. The Balaban J connectivity index is 2.73. The molecule has 0 saturated carbocycles. The molecule has 0 saturated heterocycles. The van der Waals surface area contributed by atoms with Crippen LogP contribution >= 0.6 is 0 Å². The molecule has 0 aliphatic rings. The van der Waals surface area contributed by atoms with E-state index in [1.54, 1.807) is 13.0 Å². The molecule has 0 aromatic heterocycles. The van der Waals surface area contributed by atoms with Gasteiger partial charge in [0.25, 0.3) is 5.91 Å². The van der Waals surface area contributed by atoms with Crippen LogP contribution in [0.2, 0.25) is 0 Å². The van der Waals surface area contributed by atoms with Crippen molar-refractivity contribution in [2.45, 2.75) is 46.2 Å². The minimum Gasteiger partial charge on any atom is -0.507 e. The third-order valence-electron chi connectivity index (χ3n) is 2.64. The molecule has 0 fully saturated rings. The fraction of sp³-hybridized carbons (Fsp3) is 0.467. The number of aromatic hydroxyl groups is 1. The third-order valence-corrected chi connectivity index (χ3v) is 2.64. The number of phenols is 1. The lowest BCUT2D eigenvalue weighted by Crippen LogP contribution is -2.50. The highest BCUT2D eigenvalue weighted by molar-refractivity contribution is 5.99. The Hall–Kier alpha value is -2.04. The van der Waals surface area contributed by atoms with Gasteiger partial charge < -0.3 is 15.7 Å². The average Bonchev–Trinajstić information content (AvgIpc) is 2.26. The summed E-state index contributed by atoms with van der Waals surface area (Å²) in [5.41, 5.74) is 0.658. The van der Waals surface area contributed by atoms with Gasteiger partial charge >= 0.3 is 0 Å². The zero-order valence-electron chi connectivity index (χ0n) is 12.6. The van der Waals surface area contributed by atoms with Crippen LogP contribution in [0.1, 0.15) is 43.6 Å². The lowest BCUT2D eigenvalue weighted by Gasteiger charge is -2.23. The molecule has 0 aliphatic heterocycles. The van der Waals surface area contributed by atoms with E-state index in [9.17, 15) is 14.7 Å². The lowest BCUT2D eigenvalue weighted by atomic mass is 10.1. The fourth-order valence-electron chi connectivity index (χ4n) is 1.65. The number of hydrogen-bond donors (Lipinski definition) is 3. The van der Waals surface area contributed by atoms with E-state index in [2.05, 4.69) is 10.6 Å². The van der Waals surface area contributed by atoms with Gasteiger partial charge in [0.15, 0.2) is 0 Å². The Morgan fingerprint density at radius 1 is 1.25 bits per heavy atom. The molecular formula is C15H22N2O3. The summed E-state index contributed by atoms with van der Waals surface area (Å²) >= 11 is 0. The minimum atomic E-state index is -0.678. The van der Waals surface area contributed by atoms with Crippen molar-refractivity contribution in [3.63, 3.8) is 0 Å². The summed E-state index contributed by atoms with van der Waals surface area (Å²) in [6, 6.07) is 4.10. The molecular weight excluding hydrogens is 256 g/mol. The van der Waals surface area contributed by atoms with Crippen LogP contribution in [-0.4, -0.2) is 28.5 Å². The van der Waals surface area contributed by atoms with Crippen LogP contribution in [0, 0.1) is 6.92 Å². The lowest BCUT2D eigenvalue weighted by molar-refractivity contribution is -0.124. The maximum atomic E-state index is 12.0. The van der Waals surface area contributed by atoms with Crippen LogP contribution in [0.4, 0.5) is 0 Å². The number of amides is 2. The van der Waals surface area contributed by atoms with Gasteiger partial charge in [-0.1, -0.05) is 6.07 Å². The molecule has 20 heavy (non-hydrogen) atoms. The summed E-state index contributed by atoms with van der Waals surface area (Å²) < 4.78 is 0. The first-order chi connectivity index (χ1) is 9.10. The predicted molar refractivity (Wildman–Crippen MR) is 77.7 cm³/mol. The molecule has 1 aromatic rings. The molecule has 3 N–H and O–H groups in total. The Kier molecular flexibility index (Phi) is 4.76. The molecule has 1 rings (SSSR count). The van der Waals surface area contributed by atoms with Crippen LogP contribution in [-0.2, 0) is 4.79 Å². The molecule has 5 nitrogen and oxygen atoms in total. The Morgan fingerprint density at radius 2 is 1.85 bits per heavy atom. The summed E-state index contributed by atoms with van der Waals surface area (Å²) in [5.74, 6) is -0.831. The average molecular weight is 278 g/mol. The molecule has 1 aromatic carbocycles. The van der Waals surface area contributed by atoms with E-state index in [1.807, 2.05) is 27.7 Å². The van der Waals surface area contributed by atoms with Crippen LogP contribution < -0.4 is 10.6 Å². The summed E-state index contributed by atoms with van der Waals surface area (Å²) in [4.78, 5) is 23.9. The van der Waals surface area contributed by atoms with Crippen LogP contribution in [0.15, 0.2) is 18.2 Å². The number of hydrogen-bond acceptors (Lipinski definition) is 3. The maximum absolute atomic E-state index is 12.0. The zero-order valence-corrected chi connectivity index (χ0v) is 12.6. The van der Waals surface area contributed by atoms with Crippen molar-refractivity contribution >= 4 is 11.8 Å². The number of rotatable bonds is 3. The Bertz CT molecular complexity index is 518. The van der Waals surface area contributed by atoms with E-state index >= 15 is 0 Å². The molecule has 5 heteroatoms. The van der Waals surface area contributed by atoms with Crippen molar-refractivity contribution in [1.82, 2.24) is 10.6 Å². The number of carbonyl (C=O) groups is 2. The van der Waals surface area contributed by atoms with Gasteiger partial charge in [0.2, 0.25) is 5.91 Å². The first kappa shape index (κ1) is 16.0. The predicted octanol–water partition coefficient (Wildman–Crippen LogP) is 1.73. The van der Waals surface area contributed by atoms with Gasteiger partial charge in [0.05, 0.1) is 5.56 Å². The number of phenolic OH excluding ortho intramolecular Hbond substituents is 1. The second kappa shape index (κ2) is 5.94. The molecule has 2 amide bonds. The quantitative estimate of drug-likeness (QED) is 0.788. The first-order valence-corrected chi connectivity index (χ1v) is 6.52. The van der Waals surface area contributed by atoms with Gasteiger partial charge in [-0.05, 0) is 52.3 Å². The Labute approximate surface area is 119 Å². The normalized spacial score (nSPS) is 12.7. The summed E-state index contributed by atoms with van der Waals surface area (Å²) in [6.07, 6.45) is 0. The molecule has 0 spiro atoms. The van der Waals surface area contributed by atoms with E-state index in [1.165, 1.54) is 12.1 Å². The number of nitrogens with one attached hydrogen (secondary N) is 2. The number of aryl methyl sites for hydroxylation is 1. The second-order valence-corrected chi connectivity index (χ2v) is 5.96. The second-order valence-electron chi connectivity index (χ2n) is 5.96. The van der Waals surface area contributed by atoms with E-state index in [0.717, 1.165) is 5.56 Å². The van der Waals surface area contributed by atoms with E-state index < -0.39 is 11.9 Å². The van der Waals surface area contributed by atoms with Crippen molar-refractivity contribution in [1.29, 1.82) is 0 Å². The SMILES string of the molecule is Cc1ccc(C(=O)NC(C)C(=O)NC(C)(C)C)c(O)c1. The van der Waals surface area contributed by atoms with Crippen molar-refractivity contribution in [2.24, 2.45) is 0 Å². The van der Waals surface area contributed by atoms with Crippen molar-refractivity contribution in [2.75, 3.05) is 0 Å². The fourth-order valence-corrected chi connectivity index (χ4v) is 1.65. The van der Waals surface area contributed by atoms with Gasteiger partial charge in [-0.25, -0.2) is 0 Å². The standard InChI is InChI=1S/C15H22N2O3/c1-9-6-7-11(12(18)8-9)14(20)16-10(2)13(19)17-15(3,4)5/h6-8,10,18H,1-5H3,(H,16,20)(H,17,19). The number of carbonyl (C=O) groups excluding carboxylic acids is 2. The van der Waals surface area contributed by atoms with Gasteiger partial charge in [0, 0.05) is 5.54 Å². The van der Waals surface area contributed by atoms with Gasteiger partial charge in [-0.15, -0.1) is 0 Å². The Morgan fingerprint density at radius 3 is 2.35 bits per heavy atom. The molecule has 110 valence electrons. The molecule has 0 aliphatic carbocycles. The highest BCUT2D eigenvalue weighted by Crippen LogP contribution is 2.18. The van der Waals surface area contributed by atoms with Gasteiger partial charge in [0.1, 0.15) is 11.8 Å². The van der Waals surface area contributed by atoms with Gasteiger partial charge in [-0.2, -0.15) is 0 Å².